The molecule has 4 rings (SSSR count). The fraction of sp³-hybridized carbons (Fsp3) is 0.435. The summed E-state index contributed by atoms with van der Waals surface area (Å²) in [4.78, 5) is 32.2. The van der Waals surface area contributed by atoms with Gasteiger partial charge < -0.3 is 10.2 Å². The minimum Gasteiger partial charge on any atom is -0.366 e. The number of carbonyl (C=O) groups excluding carboxylic acids is 1. The van der Waals surface area contributed by atoms with Crippen LogP contribution in [-0.4, -0.2) is 51.5 Å². The third-order valence-corrected chi connectivity index (χ3v) is 7.61. The number of hydrogen-bond acceptors (Lipinski definition) is 6. The number of rotatable bonds is 6. The average Bonchev–Trinajstić information content (AvgIpc) is 2.82. The molecule has 34 heavy (non-hydrogen) atoms. The molecule has 2 aromatic carbocycles. The molecule has 2 N–H and O–H groups in total. The molecule has 0 saturated carbocycles. The zero-order valence-electron chi connectivity index (χ0n) is 19.5. The summed E-state index contributed by atoms with van der Waals surface area (Å²) >= 11 is 0. The van der Waals surface area contributed by atoms with E-state index in [1.807, 2.05) is 43.0 Å². The van der Waals surface area contributed by atoms with Gasteiger partial charge in [-0.3, -0.25) is 9.10 Å². The summed E-state index contributed by atoms with van der Waals surface area (Å²) in [6, 6.07) is 12.2. The molecule has 1 fully saturated rings. The summed E-state index contributed by atoms with van der Waals surface area (Å²) in [5.41, 5.74) is 2.89. The van der Waals surface area contributed by atoms with Crippen LogP contribution in [0.3, 0.4) is 0 Å². The van der Waals surface area contributed by atoms with Gasteiger partial charge in [0.15, 0.2) is 7.11 Å². The predicted octanol–water partition coefficient (Wildman–Crippen LogP) is 2.62. The van der Waals surface area contributed by atoms with Crippen LogP contribution in [0.25, 0.3) is 0 Å². The number of fused-ring (bicyclic) bond motifs is 1. The van der Waals surface area contributed by atoms with Crippen LogP contribution < -0.4 is 19.2 Å². The van der Waals surface area contributed by atoms with Crippen LogP contribution in [0.5, 0.6) is 0 Å². The van der Waals surface area contributed by atoms with Gasteiger partial charge in [-0.1, -0.05) is 18.2 Å². The van der Waals surface area contributed by atoms with Crippen LogP contribution in [0.15, 0.2) is 42.5 Å². The molecule has 2 aliphatic heterocycles. The normalized spacial score (nSPS) is 17.9. The van der Waals surface area contributed by atoms with Crippen molar-refractivity contribution in [1.29, 1.82) is 0 Å². The van der Waals surface area contributed by atoms with Crippen molar-refractivity contribution < 1.29 is 23.0 Å². The van der Waals surface area contributed by atoms with E-state index >= 15 is 0 Å². The van der Waals surface area contributed by atoms with Gasteiger partial charge in [0.05, 0.1) is 10.6 Å². The Hall–Kier alpha value is -3.18. The lowest BCUT2D eigenvalue weighted by Crippen LogP contribution is -2.53. The Morgan fingerprint density at radius 2 is 1.85 bits per heavy atom. The third-order valence-electron chi connectivity index (χ3n) is 6.09. The Morgan fingerprint density at radius 3 is 2.53 bits per heavy atom. The molecule has 2 aliphatic rings. The number of carbonyl (C=O) groups is 1. The number of nitrogens with one attached hydrogen (secondary N) is 2. The lowest BCUT2D eigenvalue weighted by atomic mass is 10.0. The van der Waals surface area contributed by atoms with E-state index in [1.54, 1.807) is 12.1 Å². The highest BCUT2D eigenvalue weighted by molar-refractivity contribution is 7.91. The maximum absolute atomic E-state index is 12.9. The van der Waals surface area contributed by atoms with Crippen molar-refractivity contribution in [2.75, 3.05) is 29.4 Å². The summed E-state index contributed by atoms with van der Waals surface area (Å²) in [6.07, 6.45) is 1.16. The molecule has 2 aromatic rings. The van der Waals surface area contributed by atoms with E-state index in [2.05, 4.69) is 10.0 Å². The summed E-state index contributed by atoms with van der Waals surface area (Å²) in [5.74, 6) is -0.271. The van der Waals surface area contributed by atoms with E-state index in [4.69, 9.17) is 4.84 Å². The Bertz CT molecular complexity index is 1190. The quantitative estimate of drug-likeness (QED) is 0.605. The number of anilines is 2. The van der Waals surface area contributed by atoms with Crippen LogP contribution in [0.4, 0.5) is 17.1 Å². The van der Waals surface area contributed by atoms with Gasteiger partial charge in [0, 0.05) is 43.3 Å². The SMILES string of the molecule is CO[N+](=O)c1cc(C(=O)NC(C)C)ccc1N1CCC(N2c3ccccc3CNS2(=O)=O)CC1. The largest absolute Gasteiger partial charge is 0.366 e. The molecule has 0 atom stereocenters. The zero-order valence-corrected chi connectivity index (χ0v) is 20.3. The van der Waals surface area contributed by atoms with E-state index in [-0.39, 0.29) is 30.2 Å². The van der Waals surface area contributed by atoms with Crippen molar-refractivity contribution >= 4 is 33.2 Å². The first-order valence-electron chi connectivity index (χ1n) is 11.3. The van der Waals surface area contributed by atoms with E-state index in [9.17, 15) is 18.1 Å². The number of benzene rings is 2. The predicted molar refractivity (Wildman–Crippen MR) is 129 cm³/mol. The second-order valence-corrected chi connectivity index (χ2v) is 10.4. The lowest BCUT2D eigenvalue weighted by molar-refractivity contribution is -0.736. The number of hydrogen-bond donors (Lipinski definition) is 2. The molecular formula is C23H30N5O5S+. The summed E-state index contributed by atoms with van der Waals surface area (Å²) in [7, 11) is -2.35. The Kier molecular flexibility index (Phi) is 6.76. The second kappa shape index (κ2) is 9.59. The topological polar surface area (TPSA) is 111 Å². The van der Waals surface area contributed by atoms with Crippen molar-refractivity contribution in [3.63, 3.8) is 0 Å². The van der Waals surface area contributed by atoms with E-state index in [0.717, 1.165) is 5.56 Å². The summed E-state index contributed by atoms with van der Waals surface area (Å²) in [5, 5.41) is 2.82. The first-order valence-corrected chi connectivity index (χ1v) is 12.7. The third kappa shape index (κ3) is 4.71. The van der Waals surface area contributed by atoms with Gasteiger partial charge in [-0.05, 0) is 50.5 Å². The molecule has 0 radical (unpaired) electrons. The number of nitrogens with zero attached hydrogens (tertiary/aromatic N) is 3. The van der Waals surface area contributed by atoms with Crippen LogP contribution in [0.1, 0.15) is 42.6 Å². The molecule has 11 heteroatoms. The lowest BCUT2D eigenvalue weighted by Gasteiger charge is -2.41. The number of amides is 1. The van der Waals surface area contributed by atoms with Crippen molar-refractivity contribution in [2.24, 2.45) is 0 Å². The van der Waals surface area contributed by atoms with Gasteiger partial charge in [-0.2, -0.15) is 13.1 Å². The highest BCUT2D eigenvalue weighted by Gasteiger charge is 2.38. The molecule has 0 bridgehead atoms. The van der Waals surface area contributed by atoms with Crippen LogP contribution in [0.2, 0.25) is 0 Å². The monoisotopic (exact) mass is 488 g/mol. The smallest absolute Gasteiger partial charge is 0.340 e. The first kappa shape index (κ1) is 24.0. The van der Waals surface area contributed by atoms with Gasteiger partial charge in [-0.15, -0.1) is 0 Å². The van der Waals surface area contributed by atoms with Crippen molar-refractivity contribution in [3.05, 3.63) is 58.5 Å². The molecule has 1 saturated heterocycles. The molecule has 0 aliphatic carbocycles. The molecule has 0 aromatic heterocycles. The maximum atomic E-state index is 12.9. The second-order valence-electron chi connectivity index (χ2n) is 8.74. The Morgan fingerprint density at radius 1 is 1.15 bits per heavy atom. The van der Waals surface area contributed by atoms with Crippen LogP contribution in [-0.2, 0) is 21.6 Å². The minimum atomic E-state index is -3.63. The standard InChI is InChI=1S/C23H29N5O5S/c1-16(2)25-23(29)17-8-9-21(22(14-17)28(30)33-3)26-12-10-19(11-13-26)27-20-7-5-4-6-18(20)15-24-34(27,31)32/h4-9,14,16,19,24H,10-13,15H2,1-3H3/p+1. The summed E-state index contributed by atoms with van der Waals surface area (Å²) in [6.45, 7) is 5.10. The number of piperidine rings is 1. The fourth-order valence-electron chi connectivity index (χ4n) is 4.50. The molecule has 2 heterocycles. The molecular weight excluding hydrogens is 458 g/mol. The number of para-hydroxylation sites is 1. The first-order chi connectivity index (χ1) is 16.2. The van der Waals surface area contributed by atoms with Gasteiger partial charge in [0.2, 0.25) is 0 Å². The molecule has 0 spiro atoms. The highest BCUT2D eigenvalue weighted by atomic mass is 32.2. The van der Waals surface area contributed by atoms with E-state index < -0.39 is 10.2 Å². The Balaban J connectivity index is 1.56. The minimum absolute atomic E-state index is 0.0360. The summed E-state index contributed by atoms with van der Waals surface area (Å²) < 4.78 is 29.9. The van der Waals surface area contributed by atoms with E-state index in [0.29, 0.717) is 47.8 Å². The van der Waals surface area contributed by atoms with Gasteiger partial charge >= 0.3 is 15.9 Å². The van der Waals surface area contributed by atoms with E-state index in [1.165, 1.54) is 17.5 Å². The van der Waals surface area contributed by atoms with Crippen LogP contribution in [0, 0.1) is 4.91 Å². The maximum Gasteiger partial charge on any atom is 0.340 e. The van der Waals surface area contributed by atoms with Crippen molar-refractivity contribution in [1.82, 2.24) is 10.0 Å². The molecule has 1 amide bonds. The van der Waals surface area contributed by atoms with Gasteiger partial charge in [-0.25, -0.2) is 4.84 Å². The molecule has 182 valence electrons. The van der Waals surface area contributed by atoms with Crippen LogP contribution >= 0.6 is 0 Å². The molecule has 10 nitrogen and oxygen atoms in total. The highest BCUT2D eigenvalue weighted by Crippen LogP contribution is 2.36. The van der Waals surface area contributed by atoms with Crippen molar-refractivity contribution in [2.45, 2.75) is 45.3 Å². The van der Waals surface area contributed by atoms with Gasteiger partial charge in [0.1, 0.15) is 5.69 Å². The van der Waals surface area contributed by atoms with Crippen molar-refractivity contribution in [3.8, 4) is 0 Å². The molecule has 0 unspecified atom stereocenters. The average molecular weight is 489 g/mol. The Labute approximate surface area is 199 Å². The fourth-order valence-corrected chi connectivity index (χ4v) is 6.02. The zero-order chi connectivity index (χ0) is 24.5. The van der Waals surface area contributed by atoms with Gasteiger partial charge in [0.25, 0.3) is 10.8 Å².